The van der Waals surface area contributed by atoms with Gasteiger partial charge in [-0.3, -0.25) is 14.4 Å². The van der Waals surface area contributed by atoms with Gasteiger partial charge in [-0.2, -0.15) is 0 Å². The molecule has 2 rings (SSSR count). The highest BCUT2D eigenvalue weighted by Crippen LogP contribution is 2.08. The second-order valence-corrected chi connectivity index (χ2v) is 8.71. The van der Waals surface area contributed by atoms with E-state index in [0.29, 0.717) is 19.4 Å². The third kappa shape index (κ3) is 10.00. The van der Waals surface area contributed by atoms with Crippen molar-refractivity contribution >= 4 is 23.7 Å². The fraction of sp³-hybridized carbons (Fsp3) is 0.407. The summed E-state index contributed by atoms with van der Waals surface area (Å²) >= 11 is 0. The van der Waals surface area contributed by atoms with Gasteiger partial charge < -0.3 is 20.7 Å². The third-order valence-corrected chi connectivity index (χ3v) is 5.34. The number of benzene rings is 2. The lowest BCUT2D eigenvalue weighted by molar-refractivity contribution is -0.140. The molecule has 3 amide bonds. The molecule has 188 valence electrons. The number of ether oxygens (including phenoxy) is 1. The van der Waals surface area contributed by atoms with E-state index in [1.807, 2.05) is 74.5 Å². The van der Waals surface area contributed by atoms with Crippen molar-refractivity contribution in [3.63, 3.8) is 0 Å². The Morgan fingerprint density at radius 3 is 2.00 bits per heavy atom. The number of hydrogen-bond acceptors (Lipinski definition) is 5. The van der Waals surface area contributed by atoms with Crippen LogP contribution in [0.2, 0.25) is 0 Å². The SMILES string of the molecule is CC[C@H](NC(=O)[C@H](CC(C)C)NC(=O)OCc1ccccc1)C(=O)C(=O)NCCc1ccccc1. The molecule has 0 unspecified atom stereocenters. The lowest BCUT2D eigenvalue weighted by Crippen LogP contribution is -2.54. The number of nitrogens with one attached hydrogen (secondary N) is 3. The third-order valence-electron chi connectivity index (χ3n) is 5.34. The Labute approximate surface area is 206 Å². The van der Waals surface area contributed by atoms with Crippen LogP contribution in [0, 0.1) is 5.92 Å². The summed E-state index contributed by atoms with van der Waals surface area (Å²) in [4.78, 5) is 50.2. The van der Waals surface area contributed by atoms with Crippen LogP contribution in [0.3, 0.4) is 0 Å². The number of amides is 3. The van der Waals surface area contributed by atoms with Crippen molar-refractivity contribution in [2.45, 2.75) is 58.7 Å². The number of Topliss-reactive ketones (excluding diaryl/α,β-unsaturated/α-hetero) is 1. The van der Waals surface area contributed by atoms with Crippen LogP contribution in [0.4, 0.5) is 4.79 Å². The Morgan fingerprint density at radius 2 is 1.43 bits per heavy atom. The first-order valence-corrected chi connectivity index (χ1v) is 11.9. The molecule has 35 heavy (non-hydrogen) atoms. The topological polar surface area (TPSA) is 114 Å². The maximum Gasteiger partial charge on any atom is 0.408 e. The summed E-state index contributed by atoms with van der Waals surface area (Å²) in [6.07, 6.45) is 0.450. The van der Waals surface area contributed by atoms with E-state index in [1.165, 1.54) is 0 Å². The summed E-state index contributed by atoms with van der Waals surface area (Å²) in [5, 5.41) is 7.82. The molecule has 0 saturated carbocycles. The van der Waals surface area contributed by atoms with Gasteiger partial charge in [0.2, 0.25) is 11.7 Å². The van der Waals surface area contributed by atoms with Crippen molar-refractivity contribution in [1.82, 2.24) is 16.0 Å². The van der Waals surface area contributed by atoms with E-state index < -0.39 is 35.8 Å². The molecule has 2 aromatic rings. The van der Waals surface area contributed by atoms with Crippen molar-refractivity contribution in [1.29, 1.82) is 0 Å². The Kier molecular flexibility index (Phi) is 11.5. The molecule has 0 saturated heterocycles. The molecule has 0 aliphatic carbocycles. The normalized spacial score (nSPS) is 12.3. The van der Waals surface area contributed by atoms with E-state index in [2.05, 4.69) is 16.0 Å². The number of carbonyl (C=O) groups excluding carboxylic acids is 4. The fourth-order valence-corrected chi connectivity index (χ4v) is 3.45. The van der Waals surface area contributed by atoms with Gasteiger partial charge in [0.05, 0.1) is 6.04 Å². The minimum absolute atomic E-state index is 0.0713. The fourth-order valence-electron chi connectivity index (χ4n) is 3.45. The number of alkyl carbamates (subject to hydrolysis) is 1. The molecule has 0 radical (unpaired) electrons. The minimum atomic E-state index is -0.990. The van der Waals surface area contributed by atoms with Gasteiger partial charge >= 0.3 is 6.09 Å². The summed E-state index contributed by atoms with van der Waals surface area (Å²) in [6.45, 7) is 5.92. The molecule has 0 fully saturated rings. The zero-order valence-electron chi connectivity index (χ0n) is 20.6. The average molecular weight is 482 g/mol. The minimum Gasteiger partial charge on any atom is -0.445 e. The van der Waals surface area contributed by atoms with E-state index in [1.54, 1.807) is 6.92 Å². The van der Waals surface area contributed by atoms with Gasteiger partial charge in [0.1, 0.15) is 12.6 Å². The molecule has 3 N–H and O–H groups in total. The smallest absolute Gasteiger partial charge is 0.408 e. The molecule has 0 aliphatic rings. The van der Waals surface area contributed by atoms with Gasteiger partial charge in [-0.1, -0.05) is 81.4 Å². The molecule has 0 bridgehead atoms. The summed E-state index contributed by atoms with van der Waals surface area (Å²) in [5.41, 5.74) is 1.87. The van der Waals surface area contributed by atoms with E-state index in [9.17, 15) is 19.2 Å². The second-order valence-electron chi connectivity index (χ2n) is 8.71. The number of rotatable bonds is 13. The van der Waals surface area contributed by atoms with Gasteiger partial charge in [-0.05, 0) is 36.3 Å². The Bertz CT molecular complexity index is 963. The van der Waals surface area contributed by atoms with Crippen LogP contribution in [0.15, 0.2) is 60.7 Å². The van der Waals surface area contributed by atoms with Crippen LogP contribution in [-0.2, 0) is 32.1 Å². The van der Waals surface area contributed by atoms with Crippen LogP contribution in [0.1, 0.15) is 44.7 Å². The van der Waals surface area contributed by atoms with Crippen molar-refractivity contribution in [3.8, 4) is 0 Å². The van der Waals surface area contributed by atoms with Gasteiger partial charge in [0.25, 0.3) is 5.91 Å². The first-order valence-electron chi connectivity index (χ1n) is 11.9. The first kappa shape index (κ1) is 27.6. The molecule has 0 heterocycles. The maximum absolute atomic E-state index is 12.9. The average Bonchev–Trinajstić information content (AvgIpc) is 2.86. The lowest BCUT2D eigenvalue weighted by atomic mass is 10.0. The summed E-state index contributed by atoms with van der Waals surface area (Å²) in [7, 11) is 0. The van der Waals surface area contributed by atoms with Gasteiger partial charge in [0.15, 0.2) is 0 Å². The van der Waals surface area contributed by atoms with E-state index in [-0.39, 0.29) is 18.9 Å². The Morgan fingerprint density at radius 1 is 0.829 bits per heavy atom. The largest absolute Gasteiger partial charge is 0.445 e. The van der Waals surface area contributed by atoms with Crippen molar-refractivity contribution in [2.24, 2.45) is 5.92 Å². The maximum atomic E-state index is 12.9. The molecule has 8 heteroatoms. The predicted molar refractivity (Wildman–Crippen MR) is 133 cm³/mol. The predicted octanol–water partition coefficient (Wildman–Crippen LogP) is 3.15. The van der Waals surface area contributed by atoms with E-state index in [4.69, 9.17) is 4.74 Å². The van der Waals surface area contributed by atoms with Crippen LogP contribution in [0.25, 0.3) is 0 Å². The zero-order valence-corrected chi connectivity index (χ0v) is 20.6. The van der Waals surface area contributed by atoms with Crippen LogP contribution < -0.4 is 16.0 Å². The molecule has 2 aromatic carbocycles. The molecule has 0 aliphatic heterocycles. The van der Waals surface area contributed by atoms with Crippen LogP contribution >= 0.6 is 0 Å². The highest BCUT2D eigenvalue weighted by Gasteiger charge is 2.29. The summed E-state index contributed by atoms with van der Waals surface area (Å²) in [5.74, 6) is -1.91. The molecule has 0 aromatic heterocycles. The molecule has 0 spiro atoms. The Balaban J connectivity index is 1.89. The van der Waals surface area contributed by atoms with E-state index in [0.717, 1.165) is 11.1 Å². The van der Waals surface area contributed by atoms with Crippen molar-refractivity contribution in [2.75, 3.05) is 6.54 Å². The van der Waals surface area contributed by atoms with Crippen molar-refractivity contribution < 1.29 is 23.9 Å². The van der Waals surface area contributed by atoms with Crippen LogP contribution in [-0.4, -0.2) is 42.3 Å². The zero-order chi connectivity index (χ0) is 25.6. The summed E-state index contributed by atoms with van der Waals surface area (Å²) < 4.78 is 5.23. The Hall–Kier alpha value is -3.68. The summed E-state index contributed by atoms with van der Waals surface area (Å²) in [6, 6.07) is 16.9. The second kappa shape index (κ2) is 14.6. The molecule has 8 nitrogen and oxygen atoms in total. The number of carbonyl (C=O) groups is 4. The molecule has 2 atom stereocenters. The lowest BCUT2D eigenvalue weighted by Gasteiger charge is -2.23. The monoisotopic (exact) mass is 481 g/mol. The first-order chi connectivity index (χ1) is 16.8. The highest BCUT2D eigenvalue weighted by molar-refractivity contribution is 6.38. The highest BCUT2D eigenvalue weighted by atomic mass is 16.5. The van der Waals surface area contributed by atoms with Crippen molar-refractivity contribution in [3.05, 3.63) is 71.8 Å². The van der Waals surface area contributed by atoms with Gasteiger partial charge in [-0.15, -0.1) is 0 Å². The molecular formula is C27H35N3O5. The van der Waals surface area contributed by atoms with Gasteiger partial charge in [0, 0.05) is 6.54 Å². The molecular weight excluding hydrogens is 446 g/mol. The number of hydrogen-bond donors (Lipinski definition) is 3. The van der Waals surface area contributed by atoms with Gasteiger partial charge in [-0.25, -0.2) is 4.79 Å². The van der Waals surface area contributed by atoms with Crippen LogP contribution in [0.5, 0.6) is 0 Å². The standard InChI is InChI=1S/C27H35N3O5/c1-4-22(24(31)26(33)28-16-15-20-11-7-5-8-12-20)29-25(32)23(17-19(2)3)30-27(34)35-18-21-13-9-6-10-14-21/h5-14,19,22-23H,4,15-18H2,1-3H3,(H,28,33)(H,29,32)(H,30,34)/t22-,23-/m0/s1. The quantitative estimate of drug-likeness (QED) is 0.381. The van der Waals surface area contributed by atoms with E-state index >= 15 is 0 Å². The number of ketones is 1.